The summed E-state index contributed by atoms with van der Waals surface area (Å²) in [6, 6.07) is 0. The van der Waals surface area contributed by atoms with Crippen molar-refractivity contribution in [2.75, 3.05) is 12.3 Å². The van der Waals surface area contributed by atoms with Crippen molar-refractivity contribution in [3.8, 4) is 0 Å². The smallest absolute Gasteiger partial charge is 0.379 e. The number of nitrogen functional groups attached to an aromatic ring is 1. The van der Waals surface area contributed by atoms with Crippen molar-refractivity contribution in [1.82, 2.24) is 15.1 Å². The van der Waals surface area contributed by atoms with E-state index in [1.165, 1.54) is 11.3 Å². The van der Waals surface area contributed by atoms with Crippen LogP contribution >= 0.6 is 11.3 Å². The number of hydrogen-bond donors (Lipinski definition) is 1. The number of aryl methyl sites for hydroxylation is 2. The molecule has 0 aliphatic heterocycles. The van der Waals surface area contributed by atoms with Crippen molar-refractivity contribution >= 4 is 22.4 Å². The molecule has 0 aromatic carbocycles. The van der Waals surface area contributed by atoms with Gasteiger partial charge in [0.15, 0.2) is 5.13 Å². The molecule has 7 nitrogen and oxygen atoms in total. The summed E-state index contributed by atoms with van der Waals surface area (Å²) in [7, 11) is 0. The van der Waals surface area contributed by atoms with Gasteiger partial charge in [-0.3, -0.25) is 0 Å². The molecule has 0 saturated carbocycles. The van der Waals surface area contributed by atoms with Gasteiger partial charge in [-0.15, -0.1) is 11.3 Å². The van der Waals surface area contributed by atoms with E-state index in [2.05, 4.69) is 15.1 Å². The summed E-state index contributed by atoms with van der Waals surface area (Å²) < 4.78 is 9.74. The normalized spacial score (nSPS) is 10.6. The summed E-state index contributed by atoms with van der Waals surface area (Å²) in [5.41, 5.74) is 6.49. The molecule has 19 heavy (non-hydrogen) atoms. The molecule has 0 aliphatic carbocycles. The zero-order valence-corrected chi connectivity index (χ0v) is 11.3. The molecule has 0 atom stereocenters. The van der Waals surface area contributed by atoms with Crippen LogP contribution in [0, 0.1) is 0 Å². The number of hydrogen-bond acceptors (Lipinski definition) is 8. The van der Waals surface area contributed by atoms with E-state index in [1.54, 1.807) is 6.92 Å². The summed E-state index contributed by atoms with van der Waals surface area (Å²) in [6.45, 7) is 2.01. The van der Waals surface area contributed by atoms with Gasteiger partial charge in [-0.25, -0.2) is 9.78 Å². The Bertz CT molecular complexity index is 552. The van der Waals surface area contributed by atoms with Crippen LogP contribution in [0.5, 0.6) is 0 Å². The Kier molecular flexibility index (Phi) is 4.45. The molecule has 2 aromatic rings. The summed E-state index contributed by atoms with van der Waals surface area (Å²) in [5, 5.41) is 6.06. The molecule has 2 N–H and O–H groups in total. The quantitative estimate of drug-likeness (QED) is 0.800. The van der Waals surface area contributed by atoms with E-state index in [0.717, 1.165) is 18.5 Å². The predicted molar refractivity (Wildman–Crippen MR) is 68.8 cm³/mol. The van der Waals surface area contributed by atoms with Crippen molar-refractivity contribution in [1.29, 1.82) is 0 Å². The van der Waals surface area contributed by atoms with Gasteiger partial charge in [-0.05, 0) is 24.9 Å². The van der Waals surface area contributed by atoms with Crippen molar-refractivity contribution in [3.63, 3.8) is 0 Å². The summed E-state index contributed by atoms with van der Waals surface area (Å²) in [4.78, 5) is 19.5. The lowest BCUT2D eigenvalue weighted by Gasteiger charge is -1.94. The molecule has 0 unspecified atom stereocenters. The van der Waals surface area contributed by atoms with Crippen LogP contribution in [0.1, 0.15) is 35.5 Å². The van der Waals surface area contributed by atoms with E-state index < -0.39 is 5.97 Å². The second kappa shape index (κ2) is 6.28. The first-order valence-electron chi connectivity index (χ1n) is 5.88. The number of nitrogens with zero attached hydrogens (tertiary/aromatic N) is 3. The molecule has 0 radical (unpaired) electrons. The first-order chi connectivity index (χ1) is 9.19. The summed E-state index contributed by atoms with van der Waals surface area (Å²) in [5.74, 6) is -0.175. The molecule has 0 aliphatic rings. The Morgan fingerprint density at radius 2 is 2.32 bits per heavy atom. The predicted octanol–water partition coefficient (Wildman–Crippen LogP) is 1.46. The summed E-state index contributed by atoms with van der Waals surface area (Å²) in [6.07, 6.45) is 2.17. The number of carbonyl (C=O) groups is 1. The monoisotopic (exact) mass is 282 g/mol. The number of nitrogens with two attached hydrogens (primary N) is 1. The summed E-state index contributed by atoms with van der Waals surface area (Å²) >= 11 is 1.42. The fourth-order valence-electron chi connectivity index (χ4n) is 1.49. The molecular formula is C11H14N4O3S. The fourth-order valence-corrected chi connectivity index (χ4v) is 2.09. The third-order valence-electron chi connectivity index (χ3n) is 2.32. The minimum atomic E-state index is -0.565. The van der Waals surface area contributed by atoms with E-state index >= 15 is 0 Å². The highest BCUT2D eigenvalue weighted by Gasteiger charge is 2.15. The van der Waals surface area contributed by atoms with Crippen molar-refractivity contribution < 1.29 is 14.1 Å². The zero-order valence-electron chi connectivity index (χ0n) is 10.5. The van der Waals surface area contributed by atoms with Gasteiger partial charge in [0.2, 0.25) is 5.89 Å². The standard InChI is InChI=1S/C11H14N4O3S/c1-2-17-10(16)9-14-8(18-15-9)5-3-4-7-6-19-11(12)13-7/h6H,2-5H2,1H3,(H2,12,13). The van der Waals surface area contributed by atoms with Gasteiger partial charge in [0, 0.05) is 11.8 Å². The lowest BCUT2D eigenvalue weighted by atomic mass is 10.2. The van der Waals surface area contributed by atoms with Gasteiger partial charge in [-0.1, -0.05) is 0 Å². The fraction of sp³-hybridized carbons (Fsp3) is 0.455. The lowest BCUT2D eigenvalue weighted by molar-refractivity contribution is 0.0508. The second-order valence-electron chi connectivity index (χ2n) is 3.76. The molecular weight excluding hydrogens is 268 g/mol. The van der Waals surface area contributed by atoms with E-state index in [9.17, 15) is 4.79 Å². The maximum absolute atomic E-state index is 11.3. The minimum Gasteiger partial charge on any atom is -0.460 e. The average molecular weight is 282 g/mol. The maximum Gasteiger partial charge on any atom is 0.379 e. The topological polar surface area (TPSA) is 104 Å². The highest BCUT2D eigenvalue weighted by atomic mass is 32.1. The Balaban J connectivity index is 1.81. The van der Waals surface area contributed by atoms with Crippen LogP contribution in [0.25, 0.3) is 0 Å². The molecule has 0 spiro atoms. The number of carbonyl (C=O) groups excluding carboxylic acids is 1. The van der Waals surface area contributed by atoms with Gasteiger partial charge in [0.05, 0.1) is 12.3 Å². The third-order valence-corrected chi connectivity index (χ3v) is 3.04. The average Bonchev–Trinajstić information content (AvgIpc) is 2.99. The van der Waals surface area contributed by atoms with Crippen molar-refractivity contribution in [3.05, 3.63) is 22.8 Å². The number of anilines is 1. The van der Waals surface area contributed by atoms with Gasteiger partial charge in [-0.2, -0.15) is 4.98 Å². The van der Waals surface area contributed by atoms with E-state index in [4.69, 9.17) is 15.0 Å². The molecule has 102 valence electrons. The SMILES string of the molecule is CCOC(=O)c1noc(CCCc2csc(N)n2)n1. The second-order valence-corrected chi connectivity index (χ2v) is 4.65. The first kappa shape index (κ1) is 13.5. The molecule has 2 rings (SSSR count). The molecule has 2 aromatic heterocycles. The van der Waals surface area contributed by atoms with Crippen molar-refractivity contribution in [2.24, 2.45) is 0 Å². The Labute approximate surface area is 113 Å². The van der Waals surface area contributed by atoms with Crippen LogP contribution in [-0.4, -0.2) is 27.7 Å². The molecule has 0 amide bonds. The number of rotatable bonds is 6. The zero-order chi connectivity index (χ0) is 13.7. The van der Waals surface area contributed by atoms with Crippen LogP contribution in [-0.2, 0) is 17.6 Å². The number of aromatic nitrogens is 3. The molecule has 2 heterocycles. The highest BCUT2D eigenvalue weighted by Crippen LogP contribution is 2.13. The van der Waals surface area contributed by atoms with Crippen LogP contribution in [0.15, 0.2) is 9.90 Å². The Morgan fingerprint density at radius 3 is 3.00 bits per heavy atom. The molecule has 0 fully saturated rings. The Morgan fingerprint density at radius 1 is 1.47 bits per heavy atom. The largest absolute Gasteiger partial charge is 0.460 e. The minimum absolute atomic E-state index is 0.0326. The van der Waals surface area contributed by atoms with Crippen LogP contribution in [0.4, 0.5) is 5.13 Å². The molecule has 8 heteroatoms. The van der Waals surface area contributed by atoms with E-state index in [-0.39, 0.29) is 12.4 Å². The number of esters is 1. The van der Waals surface area contributed by atoms with Crippen LogP contribution < -0.4 is 5.73 Å². The van der Waals surface area contributed by atoms with E-state index in [1.807, 2.05) is 5.38 Å². The van der Waals surface area contributed by atoms with Gasteiger partial charge in [0.1, 0.15) is 0 Å². The van der Waals surface area contributed by atoms with Gasteiger partial charge >= 0.3 is 5.97 Å². The van der Waals surface area contributed by atoms with Crippen molar-refractivity contribution in [2.45, 2.75) is 26.2 Å². The van der Waals surface area contributed by atoms with Crippen LogP contribution in [0.3, 0.4) is 0 Å². The molecule has 0 bridgehead atoms. The number of ether oxygens (including phenoxy) is 1. The third kappa shape index (κ3) is 3.75. The van der Waals surface area contributed by atoms with Gasteiger partial charge < -0.3 is 15.0 Å². The Hall–Kier alpha value is -1.96. The maximum atomic E-state index is 11.3. The van der Waals surface area contributed by atoms with E-state index in [0.29, 0.717) is 17.4 Å². The first-order valence-corrected chi connectivity index (χ1v) is 6.76. The lowest BCUT2D eigenvalue weighted by Crippen LogP contribution is -2.06. The van der Waals surface area contributed by atoms with Crippen LogP contribution in [0.2, 0.25) is 0 Å². The number of thiazole rings is 1. The highest BCUT2D eigenvalue weighted by molar-refractivity contribution is 7.13. The van der Waals surface area contributed by atoms with Gasteiger partial charge in [0.25, 0.3) is 5.82 Å². The molecule has 0 saturated heterocycles.